The van der Waals surface area contributed by atoms with E-state index in [0.29, 0.717) is 5.92 Å². The molecule has 0 aromatic heterocycles. The molecule has 0 atom stereocenters. The van der Waals surface area contributed by atoms with E-state index >= 15 is 0 Å². The van der Waals surface area contributed by atoms with E-state index in [-0.39, 0.29) is 18.4 Å². The highest BCUT2D eigenvalue weighted by Gasteiger charge is 2.24. The smallest absolute Gasteiger partial charge is 0.246 e. The number of nitrogens with one attached hydrogen (secondary N) is 1. The molecule has 0 unspecified atom stereocenters. The van der Waals surface area contributed by atoms with Crippen molar-refractivity contribution < 1.29 is 14.4 Å². The van der Waals surface area contributed by atoms with Crippen molar-refractivity contribution in [3.8, 4) is 0 Å². The molecule has 1 rings (SSSR count). The van der Waals surface area contributed by atoms with Gasteiger partial charge in [0.1, 0.15) is 0 Å². The Morgan fingerprint density at radius 2 is 1.93 bits per heavy atom. The summed E-state index contributed by atoms with van der Waals surface area (Å²) >= 11 is 0. The van der Waals surface area contributed by atoms with Gasteiger partial charge in [-0.25, -0.2) is 5.48 Å². The summed E-state index contributed by atoms with van der Waals surface area (Å²) in [6.07, 6.45) is 3.95. The molecule has 3 N–H and O–H groups in total. The first-order valence-electron chi connectivity index (χ1n) is 5.29. The van der Waals surface area contributed by atoms with E-state index in [9.17, 15) is 9.59 Å². The SMILES string of the molecule is CC1CCC(C(=O)NOCC(N)=O)CC1. The molecule has 0 bridgehead atoms. The summed E-state index contributed by atoms with van der Waals surface area (Å²) in [5.74, 6) is 0.00498. The van der Waals surface area contributed by atoms with Gasteiger partial charge in [0.25, 0.3) is 0 Å². The second-order valence-corrected chi connectivity index (χ2v) is 4.18. The Morgan fingerprint density at radius 1 is 1.33 bits per heavy atom. The average Bonchev–Trinajstić information content (AvgIpc) is 2.18. The minimum atomic E-state index is -0.590. The van der Waals surface area contributed by atoms with Crippen molar-refractivity contribution in [2.45, 2.75) is 32.6 Å². The molecule has 5 nitrogen and oxygen atoms in total. The molecule has 2 amide bonds. The van der Waals surface area contributed by atoms with Crippen LogP contribution in [0.3, 0.4) is 0 Å². The van der Waals surface area contributed by atoms with Crippen LogP contribution in [0.1, 0.15) is 32.6 Å². The number of carbonyl (C=O) groups is 2. The van der Waals surface area contributed by atoms with Gasteiger partial charge in [0.05, 0.1) is 0 Å². The minimum absolute atomic E-state index is 0.0223. The van der Waals surface area contributed by atoms with Gasteiger partial charge in [-0.15, -0.1) is 0 Å². The Labute approximate surface area is 89.3 Å². The highest BCUT2D eigenvalue weighted by atomic mass is 16.7. The van der Waals surface area contributed by atoms with Gasteiger partial charge in [0.15, 0.2) is 6.61 Å². The van der Waals surface area contributed by atoms with Gasteiger partial charge >= 0.3 is 0 Å². The van der Waals surface area contributed by atoms with Gasteiger partial charge in [0.2, 0.25) is 11.8 Å². The van der Waals surface area contributed by atoms with Gasteiger partial charge in [-0.05, 0) is 31.6 Å². The monoisotopic (exact) mass is 214 g/mol. The van der Waals surface area contributed by atoms with Crippen molar-refractivity contribution in [1.29, 1.82) is 0 Å². The van der Waals surface area contributed by atoms with Crippen LogP contribution in [0, 0.1) is 11.8 Å². The van der Waals surface area contributed by atoms with Crippen molar-refractivity contribution in [3.05, 3.63) is 0 Å². The van der Waals surface area contributed by atoms with Gasteiger partial charge in [0, 0.05) is 5.92 Å². The van der Waals surface area contributed by atoms with Crippen molar-refractivity contribution in [2.24, 2.45) is 17.6 Å². The number of amides is 2. The third-order valence-corrected chi connectivity index (χ3v) is 2.77. The first kappa shape index (κ1) is 12.0. The summed E-state index contributed by atoms with van der Waals surface area (Å²) < 4.78 is 0. The standard InChI is InChI=1S/C10H18N2O3/c1-7-2-4-8(5-3-7)10(14)12-15-6-9(11)13/h7-8H,2-6H2,1H3,(H2,11,13)(H,12,14). The van der Waals surface area contributed by atoms with E-state index in [2.05, 4.69) is 17.2 Å². The van der Waals surface area contributed by atoms with Crippen LogP contribution in [-0.2, 0) is 14.4 Å². The predicted octanol–water partition coefficient (Wildman–Crippen LogP) is 0.346. The minimum Gasteiger partial charge on any atom is -0.368 e. The molecule has 0 heterocycles. The molecule has 0 aromatic rings. The predicted molar refractivity (Wildman–Crippen MR) is 54.4 cm³/mol. The highest BCUT2D eigenvalue weighted by molar-refractivity contribution is 5.78. The zero-order chi connectivity index (χ0) is 11.3. The maximum Gasteiger partial charge on any atom is 0.246 e. The number of nitrogens with two attached hydrogens (primary N) is 1. The molecule has 1 fully saturated rings. The van der Waals surface area contributed by atoms with Gasteiger partial charge < -0.3 is 5.73 Å². The fourth-order valence-corrected chi connectivity index (χ4v) is 1.78. The second kappa shape index (κ2) is 5.70. The molecule has 86 valence electrons. The van der Waals surface area contributed by atoms with Crippen molar-refractivity contribution in [1.82, 2.24) is 5.48 Å². The average molecular weight is 214 g/mol. The summed E-state index contributed by atoms with van der Waals surface area (Å²) in [7, 11) is 0. The third kappa shape index (κ3) is 4.29. The Hall–Kier alpha value is -1.10. The van der Waals surface area contributed by atoms with Gasteiger partial charge in [-0.2, -0.15) is 0 Å². The van der Waals surface area contributed by atoms with Crippen LogP contribution in [0.5, 0.6) is 0 Å². The Balaban J connectivity index is 2.19. The summed E-state index contributed by atoms with van der Waals surface area (Å²) in [6, 6.07) is 0. The second-order valence-electron chi connectivity index (χ2n) is 4.18. The molecule has 1 aliphatic carbocycles. The lowest BCUT2D eigenvalue weighted by Gasteiger charge is -2.24. The van der Waals surface area contributed by atoms with Crippen LogP contribution in [0.2, 0.25) is 0 Å². The zero-order valence-corrected chi connectivity index (χ0v) is 8.99. The van der Waals surface area contributed by atoms with Crippen molar-refractivity contribution >= 4 is 11.8 Å². The number of primary amides is 1. The maximum absolute atomic E-state index is 11.5. The quantitative estimate of drug-likeness (QED) is 0.662. The van der Waals surface area contributed by atoms with E-state index in [1.165, 1.54) is 0 Å². The van der Waals surface area contributed by atoms with E-state index < -0.39 is 5.91 Å². The largest absolute Gasteiger partial charge is 0.368 e. The lowest BCUT2D eigenvalue weighted by molar-refractivity contribution is -0.142. The molecule has 0 radical (unpaired) electrons. The molecule has 0 spiro atoms. The molecular formula is C10H18N2O3. The van der Waals surface area contributed by atoms with E-state index in [1.807, 2.05) is 0 Å². The first-order valence-corrected chi connectivity index (χ1v) is 5.29. The number of carbonyl (C=O) groups excluding carboxylic acids is 2. The number of rotatable bonds is 4. The maximum atomic E-state index is 11.5. The fourth-order valence-electron chi connectivity index (χ4n) is 1.78. The highest BCUT2D eigenvalue weighted by Crippen LogP contribution is 2.28. The van der Waals surface area contributed by atoms with Crippen molar-refractivity contribution in [2.75, 3.05) is 6.61 Å². The topological polar surface area (TPSA) is 81.4 Å². The first-order chi connectivity index (χ1) is 7.09. The Bertz CT molecular complexity index is 235. The fraction of sp³-hybridized carbons (Fsp3) is 0.800. The van der Waals surface area contributed by atoms with E-state index in [1.54, 1.807) is 0 Å². The molecule has 1 aliphatic rings. The molecule has 0 aromatic carbocycles. The molecular weight excluding hydrogens is 196 g/mol. The Kier molecular flexibility index (Phi) is 4.55. The molecule has 5 heteroatoms. The van der Waals surface area contributed by atoms with E-state index in [0.717, 1.165) is 25.7 Å². The van der Waals surface area contributed by atoms with Crippen LogP contribution in [0.4, 0.5) is 0 Å². The van der Waals surface area contributed by atoms with Crippen molar-refractivity contribution in [3.63, 3.8) is 0 Å². The number of hydrogen-bond donors (Lipinski definition) is 2. The lowest BCUT2D eigenvalue weighted by Crippen LogP contribution is -2.35. The van der Waals surface area contributed by atoms with Crippen LogP contribution in [0.25, 0.3) is 0 Å². The van der Waals surface area contributed by atoms with Crippen LogP contribution < -0.4 is 11.2 Å². The number of hydrogen-bond acceptors (Lipinski definition) is 3. The molecule has 0 aliphatic heterocycles. The summed E-state index contributed by atoms with van der Waals surface area (Å²) in [5.41, 5.74) is 7.12. The Morgan fingerprint density at radius 3 is 2.47 bits per heavy atom. The van der Waals surface area contributed by atoms with E-state index in [4.69, 9.17) is 5.73 Å². The third-order valence-electron chi connectivity index (χ3n) is 2.77. The van der Waals surface area contributed by atoms with Crippen LogP contribution in [0.15, 0.2) is 0 Å². The normalized spacial score (nSPS) is 25.9. The summed E-state index contributed by atoms with van der Waals surface area (Å²) in [6.45, 7) is 1.92. The van der Waals surface area contributed by atoms with Gasteiger partial charge in [-0.3, -0.25) is 14.4 Å². The molecule has 0 saturated heterocycles. The molecule has 1 saturated carbocycles. The molecule has 15 heavy (non-hydrogen) atoms. The van der Waals surface area contributed by atoms with Crippen LogP contribution >= 0.6 is 0 Å². The number of hydroxylamine groups is 1. The zero-order valence-electron chi connectivity index (χ0n) is 8.99. The lowest BCUT2D eigenvalue weighted by atomic mass is 9.83. The summed E-state index contributed by atoms with van der Waals surface area (Å²) in [4.78, 5) is 26.5. The van der Waals surface area contributed by atoms with Crippen LogP contribution in [-0.4, -0.2) is 18.4 Å². The van der Waals surface area contributed by atoms with Gasteiger partial charge in [-0.1, -0.05) is 6.92 Å². The summed E-state index contributed by atoms with van der Waals surface area (Å²) in [5, 5.41) is 0.